The molecule has 3 heteroatoms. The van der Waals surface area contributed by atoms with E-state index in [-0.39, 0.29) is 0 Å². The van der Waals surface area contributed by atoms with Crippen molar-refractivity contribution in [3.8, 4) is 5.75 Å². The maximum absolute atomic E-state index is 5.20. The fourth-order valence-corrected chi connectivity index (χ4v) is 3.23. The molecule has 1 aromatic rings. The number of piperidine rings is 1. The highest BCUT2D eigenvalue weighted by Crippen LogP contribution is 2.33. The normalized spacial score (nSPS) is 27.9. The first-order valence-corrected chi connectivity index (χ1v) is 6.91. The van der Waals surface area contributed by atoms with E-state index in [4.69, 9.17) is 4.74 Å². The summed E-state index contributed by atoms with van der Waals surface area (Å²) in [6.07, 6.45) is 1.40. The van der Waals surface area contributed by atoms with E-state index in [1.165, 1.54) is 31.6 Å². The van der Waals surface area contributed by atoms with Gasteiger partial charge in [-0.2, -0.15) is 0 Å². The van der Waals surface area contributed by atoms with Crippen LogP contribution in [0.25, 0.3) is 0 Å². The van der Waals surface area contributed by atoms with Gasteiger partial charge in [0, 0.05) is 31.7 Å². The summed E-state index contributed by atoms with van der Waals surface area (Å²) >= 11 is 0. The quantitative estimate of drug-likeness (QED) is 0.808. The molecule has 18 heavy (non-hydrogen) atoms. The van der Waals surface area contributed by atoms with Gasteiger partial charge in [-0.05, 0) is 30.7 Å². The Hall–Kier alpha value is -1.06. The lowest BCUT2D eigenvalue weighted by atomic mass is 9.87. The lowest BCUT2D eigenvalue weighted by Crippen LogP contribution is -2.67. The third kappa shape index (κ3) is 2.13. The number of hydrogen-bond donors (Lipinski definition) is 0. The molecule has 0 spiro atoms. The van der Waals surface area contributed by atoms with Gasteiger partial charge in [0.25, 0.3) is 0 Å². The summed E-state index contributed by atoms with van der Waals surface area (Å²) in [5.41, 5.74) is 1.40. The molecule has 3 saturated heterocycles. The van der Waals surface area contributed by atoms with Crippen LogP contribution in [0.4, 0.5) is 0 Å². The Morgan fingerprint density at radius 3 is 2.39 bits per heavy atom. The van der Waals surface area contributed by atoms with Gasteiger partial charge in [-0.1, -0.05) is 19.1 Å². The number of piperazine rings is 1. The summed E-state index contributed by atoms with van der Waals surface area (Å²) in [5, 5.41) is 0. The molecule has 2 unspecified atom stereocenters. The molecule has 0 amide bonds. The third-order valence-corrected chi connectivity index (χ3v) is 4.39. The largest absolute Gasteiger partial charge is 0.497 e. The Morgan fingerprint density at radius 1 is 1.17 bits per heavy atom. The molecule has 0 radical (unpaired) electrons. The summed E-state index contributed by atoms with van der Waals surface area (Å²) in [5.74, 6) is 0.944. The van der Waals surface area contributed by atoms with Crippen molar-refractivity contribution >= 4 is 0 Å². The highest BCUT2D eigenvalue weighted by Gasteiger charge is 2.43. The zero-order chi connectivity index (χ0) is 12.5. The minimum Gasteiger partial charge on any atom is -0.497 e. The first-order valence-electron chi connectivity index (χ1n) is 6.91. The van der Waals surface area contributed by atoms with Crippen molar-refractivity contribution < 1.29 is 4.74 Å². The van der Waals surface area contributed by atoms with Crippen molar-refractivity contribution in [1.29, 1.82) is 0 Å². The van der Waals surface area contributed by atoms with Gasteiger partial charge in [-0.15, -0.1) is 0 Å². The first kappa shape index (κ1) is 12.0. The molecular weight excluding hydrogens is 224 g/mol. The van der Waals surface area contributed by atoms with Crippen LogP contribution in [0.5, 0.6) is 5.75 Å². The Kier molecular flexibility index (Phi) is 3.27. The van der Waals surface area contributed by atoms with Gasteiger partial charge in [-0.3, -0.25) is 4.90 Å². The smallest absolute Gasteiger partial charge is 0.118 e. The Balaban J connectivity index is 1.61. The van der Waals surface area contributed by atoms with Crippen LogP contribution in [0.3, 0.4) is 0 Å². The molecule has 0 aliphatic carbocycles. The maximum atomic E-state index is 5.20. The van der Waals surface area contributed by atoms with E-state index >= 15 is 0 Å². The van der Waals surface area contributed by atoms with E-state index in [0.29, 0.717) is 0 Å². The van der Waals surface area contributed by atoms with Crippen LogP contribution in [0.15, 0.2) is 24.3 Å². The van der Waals surface area contributed by atoms with E-state index in [2.05, 4.69) is 41.0 Å². The molecule has 1 aromatic carbocycles. The molecular formula is C15H22N2O. The van der Waals surface area contributed by atoms with Gasteiger partial charge in [0.2, 0.25) is 0 Å². The molecule has 3 aliphatic heterocycles. The van der Waals surface area contributed by atoms with Crippen LogP contribution in [0.2, 0.25) is 0 Å². The topological polar surface area (TPSA) is 15.7 Å². The number of likely N-dealkylation sites (N-methyl/N-ethyl adjacent to an activating group) is 1. The molecule has 3 heterocycles. The molecule has 3 fully saturated rings. The van der Waals surface area contributed by atoms with Gasteiger partial charge in [-0.25, -0.2) is 0 Å². The van der Waals surface area contributed by atoms with Crippen LogP contribution in [0.1, 0.15) is 18.9 Å². The van der Waals surface area contributed by atoms with E-state index in [9.17, 15) is 0 Å². The highest BCUT2D eigenvalue weighted by molar-refractivity contribution is 5.27. The van der Waals surface area contributed by atoms with Crippen LogP contribution in [-0.2, 0) is 6.54 Å². The summed E-state index contributed by atoms with van der Waals surface area (Å²) in [7, 11) is 1.72. The van der Waals surface area contributed by atoms with E-state index in [1.807, 2.05) is 0 Å². The van der Waals surface area contributed by atoms with Gasteiger partial charge < -0.3 is 9.64 Å². The fraction of sp³-hybridized carbons (Fsp3) is 0.600. The van der Waals surface area contributed by atoms with E-state index < -0.39 is 0 Å². The summed E-state index contributed by atoms with van der Waals surface area (Å²) in [6, 6.07) is 10.1. The summed E-state index contributed by atoms with van der Waals surface area (Å²) in [6.45, 7) is 7.06. The average molecular weight is 246 g/mol. The molecule has 3 nitrogen and oxygen atoms in total. The van der Waals surface area contributed by atoms with Gasteiger partial charge in [0.15, 0.2) is 0 Å². The predicted molar refractivity (Wildman–Crippen MR) is 72.8 cm³/mol. The first-order chi connectivity index (χ1) is 8.80. The Bertz CT molecular complexity index is 391. The molecule has 2 atom stereocenters. The van der Waals surface area contributed by atoms with Crippen LogP contribution >= 0.6 is 0 Å². The van der Waals surface area contributed by atoms with Crippen molar-refractivity contribution in [2.45, 2.75) is 32.0 Å². The number of hydrogen-bond acceptors (Lipinski definition) is 3. The van der Waals surface area contributed by atoms with Crippen LogP contribution < -0.4 is 4.74 Å². The number of ether oxygens (including phenoxy) is 1. The molecule has 98 valence electrons. The second-order valence-corrected chi connectivity index (χ2v) is 5.42. The fourth-order valence-electron chi connectivity index (χ4n) is 3.23. The van der Waals surface area contributed by atoms with Crippen LogP contribution in [0, 0.1) is 0 Å². The summed E-state index contributed by atoms with van der Waals surface area (Å²) in [4.78, 5) is 5.23. The van der Waals surface area contributed by atoms with Gasteiger partial charge >= 0.3 is 0 Å². The van der Waals surface area contributed by atoms with E-state index in [1.54, 1.807) is 7.11 Å². The standard InChI is InChI=1S/C15H22N2O/c1-3-16-10-13-8-14(11-16)17(13)9-12-4-6-15(18-2)7-5-12/h4-7,13-14H,3,8-11H2,1-2H3. The number of nitrogens with zero attached hydrogens (tertiary/aromatic N) is 2. The summed E-state index contributed by atoms with van der Waals surface area (Å²) < 4.78 is 5.20. The van der Waals surface area contributed by atoms with Crippen molar-refractivity contribution in [1.82, 2.24) is 9.80 Å². The lowest BCUT2D eigenvalue weighted by molar-refractivity contribution is -0.0732. The molecule has 0 saturated carbocycles. The number of benzene rings is 1. The number of methoxy groups -OCH3 is 1. The molecule has 3 aliphatic rings. The lowest BCUT2D eigenvalue weighted by Gasteiger charge is -2.56. The minimum absolute atomic E-state index is 0.783. The molecule has 0 aromatic heterocycles. The average Bonchev–Trinajstić information content (AvgIpc) is 2.45. The molecule has 0 N–H and O–H groups in total. The van der Waals surface area contributed by atoms with Crippen molar-refractivity contribution in [3.05, 3.63) is 29.8 Å². The van der Waals surface area contributed by atoms with Gasteiger partial charge in [0.05, 0.1) is 7.11 Å². The second kappa shape index (κ2) is 4.90. The zero-order valence-corrected chi connectivity index (χ0v) is 11.3. The molecule has 4 rings (SSSR count). The number of fused-ring (bicyclic) bond motifs is 2. The Labute approximate surface area is 109 Å². The minimum atomic E-state index is 0.783. The highest BCUT2D eigenvalue weighted by atomic mass is 16.5. The zero-order valence-electron chi connectivity index (χ0n) is 11.3. The van der Waals surface area contributed by atoms with Crippen LogP contribution in [-0.4, -0.2) is 48.6 Å². The van der Waals surface area contributed by atoms with E-state index in [0.717, 1.165) is 24.4 Å². The van der Waals surface area contributed by atoms with Gasteiger partial charge in [0.1, 0.15) is 5.75 Å². The van der Waals surface area contributed by atoms with Crippen molar-refractivity contribution in [2.24, 2.45) is 0 Å². The SMILES string of the molecule is CCN1CC2CC(C1)N2Cc1ccc(OC)cc1. The monoisotopic (exact) mass is 246 g/mol. The van der Waals surface area contributed by atoms with Crippen molar-refractivity contribution in [3.63, 3.8) is 0 Å². The van der Waals surface area contributed by atoms with Crippen molar-refractivity contribution in [2.75, 3.05) is 26.7 Å². The second-order valence-electron chi connectivity index (χ2n) is 5.42. The third-order valence-electron chi connectivity index (χ3n) is 4.39. The Morgan fingerprint density at radius 2 is 1.83 bits per heavy atom. The molecule has 2 bridgehead atoms. The predicted octanol–water partition coefficient (Wildman–Crippen LogP) is 1.97. The maximum Gasteiger partial charge on any atom is 0.118 e. The number of rotatable bonds is 4.